The summed E-state index contributed by atoms with van der Waals surface area (Å²) in [5.74, 6) is -0.0548. The summed E-state index contributed by atoms with van der Waals surface area (Å²) in [5, 5.41) is 2.88. The molecule has 20 heavy (non-hydrogen) atoms. The van der Waals surface area contributed by atoms with Gasteiger partial charge in [-0.25, -0.2) is 0 Å². The van der Waals surface area contributed by atoms with Crippen LogP contribution >= 0.6 is 0 Å². The van der Waals surface area contributed by atoms with Gasteiger partial charge in [-0.15, -0.1) is 0 Å². The number of piperazine rings is 1. The average Bonchev–Trinajstić information content (AvgIpc) is 2.39. The molecule has 1 saturated heterocycles. The highest BCUT2D eigenvalue weighted by Crippen LogP contribution is 2.34. The maximum Gasteiger partial charge on any atom is 0.248 e. The van der Waals surface area contributed by atoms with E-state index in [2.05, 4.69) is 5.32 Å². The van der Waals surface area contributed by atoms with E-state index in [0.29, 0.717) is 19.4 Å². The van der Waals surface area contributed by atoms with Crippen LogP contribution in [0.2, 0.25) is 0 Å². The molecule has 5 heteroatoms. The largest absolute Gasteiger partial charge is 0.385 e. The van der Waals surface area contributed by atoms with Crippen molar-refractivity contribution >= 4 is 11.8 Å². The summed E-state index contributed by atoms with van der Waals surface area (Å²) in [4.78, 5) is 27.2. The predicted molar refractivity (Wildman–Crippen MR) is 78.3 cm³/mol. The van der Waals surface area contributed by atoms with Crippen molar-refractivity contribution in [2.24, 2.45) is 0 Å². The lowest BCUT2D eigenvalue weighted by atomic mass is 9.81. The highest BCUT2D eigenvalue weighted by Gasteiger charge is 2.54. The standard InChI is InChI=1S/C15H28N2O3/c1-7-15(8-2)12(18)16-14(4,5)13(19)17(15)11(3)9-10-20-6/h11H,7-10H2,1-6H3,(H,16,18). The summed E-state index contributed by atoms with van der Waals surface area (Å²) < 4.78 is 5.11. The van der Waals surface area contributed by atoms with Crippen LogP contribution in [0.4, 0.5) is 0 Å². The molecule has 0 spiro atoms. The summed E-state index contributed by atoms with van der Waals surface area (Å²) >= 11 is 0. The fraction of sp³-hybridized carbons (Fsp3) is 0.867. The van der Waals surface area contributed by atoms with E-state index in [0.717, 1.165) is 6.42 Å². The van der Waals surface area contributed by atoms with Gasteiger partial charge in [0.1, 0.15) is 11.1 Å². The molecule has 0 radical (unpaired) electrons. The van der Waals surface area contributed by atoms with Crippen LogP contribution in [-0.2, 0) is 14.3 Å². The second kappa shape index (κ2) is 6.12. The number of rotatable bonds is 6. The van der Waals surface area contributed by atoms with Gasteiger partial charge in [0, 0.05) is 19.8 Å². The Balaban J connectivity index is 3.19. The van der Waals surface area contributed by atoms with Crippen molar-refractivity contribution in [3.8, 4) is 0 Å². The van der Waals surface area contributed by atoms with Gasteiger partial charge >= 0.3 is 0 Å². The third-order valence-electron chi connectivity index (χ3n) is 4.41. The van der Waals surface area contributed by atoms with Crippen molar-refractivity contribution in [3.05, 3.63) is 0 Å². The van der Waals surface area contributed by atoms with Gasteiger partial charge in [0.25, 0.3) is 0 Å². The number of nitrogens with zero attached hydrogens (tertiary/aromatic N) is 1. The van der Waals surface area contributed by atoms with Gasteiger partial charge < -0.3 is 15.0 Å². The lowest BCUT2D eigenvalue weighted by Gasteiger charge is -2.52. The Bertz CT molecular complexity index is 375. The number of methoxy groups -OCH3 is 1. The van der Waals surface area contributed by atoms with E-state index in [4.69, 9.17) is 4.74 Å². The molecule has 1 aliphatic rings. The molecule has 1 aliphatic heterocycles. The lowest BCUT2D eigenvalue weighted by Crippen LogP contribution is -2.75. The molecule has 0 aromatic rings. The Morgan fingerprint density at radius 2 is 1.80 bits per heavy atom. The number of hydrogen-bond acceptors (Lipinski definition) is 3. The maximum absolute atomic E-state index is 12.8. The molecular weight excluding hydrogens is 256 g/mol. The van der Waals surface area contributed by atoms with E-state index < -0.39 is 11.1 Å². The minimum atomic E-state index is -0.841. The van der Waals surface area contributed by atoms with Crippen LogP contribution < -0.4 is 5.32 Å². The maximum atomic E-state index is 12.8. The predicted octanol–water partition coefficient (Wildman–Crippen LogP) is 1.71. The molecule has 0 bridgehead atoms. The minimum absolute atomic E-state index is 0.00981. The number of hydrogen-bond donors (Lipinski definition) is 1. The number of carbonyl (C=O) groups is 2. The Morgan fingerprint density at radius 1 is 1.25 bits per heavy atom. The first-order valence-corrected chi connectivity index (χ1v) is 7.42. The molecule has 116 valence electrons. The summed E-state index contributed by atoms with van der Waals surface area (Å²) in [6.45, 7) is 10.0. The fourth-order valence-electron chi connectivity index (χ4n) is 3.01. The molecule has 0 aliphatic carbocycles. The van der Waals surface area contributed by atoms with Crippen LogP contribution in [0.15, 0.2) is 0 Å². The summed E-state index contributed by atoms with van der Waals surface area (Å²) in [5.41, 5.74) is -1.58. The quantitative estimate of drug-likeness (QED) is 0.808. The molecule has 1 N–H and O–H groups in total. The first-order chi connectivity index (χ1) is 9.26. The molecule has 1 rings (SSSR count). The Kier molecular flexibility index (Phi) is 5.19. The van der Waals surface area contributed by atoms with Gasteiger partial charge in [-0.1, -0.05) is 13.8 Å². The van der Waals surface area contributed by atoms with Crippen LogP contribution in [0.3, 0.4) is 0 Å². The van der Waals surface area contributed by atoms with E-state index in [-0.39, 0.29) is 17.9 Å². The van der Waals surface area contributed by atoms with Crippen LogP contribution in [0.1, 0.15) is 53.9 Å². The van der Waals surface area contributed by atoms with E-state index in [1.807, 2.05) is 20.8 Å². The molecule has 5 nitrogen and oxygen atoms in total. The highest BCUT2D eigenvalue weighted by molar-refractivity contribution is 6.02. The van der Waals surface area contributed by atoms with Crippen molar-refractivity contribution < 1.29 is 14.3 Å². The molecular formula is C15H28N2O3. The topological polar surface area (TPSA) is 58.6 Å². The molecule has 1 unspecified atom stereocenters. The molecule has 0 aromatic heterocycles. The van der Waals surface area contributed by atoms with Crippen molar-refractivity contribution in [3.63, 3.8) is 0 Å². The van der Waals surface area contributed by atoms with Gasteiger partial charge in [-0.2, -0.15) is 0 Å². The second-order valence-corrected chi connectivity index (χ2v) is 6.12. The first kappa shape index (κ1) is 17.0. The molecule has 0 aromatic carbocycles. The zero-order valence-corrected chi connectivity index (χ0v) is 13.6. The molecule has 1 atom stereocenters. The van der Waals surface area contributed by atoms with E-state index in [9.17, 15) is 9.59 Å². The van der Waals surface area contributed by atoms with Gasteiger partial charge in [-0.05, 0) is 40.0 Å². The van der Waals surface area contributed by atoms with Gasteiger partial charge in [0.15, 0.2) is 0 Å². The van der Waals surface area contributed by atoms with Crippen LogP contribution in [0, 0.1) is 0 Å². The van der Waals surface area contributed by atoms with Crippen molar-refractivity contribution in [1.82, 2.24) is 10.2 Å². The van der Waals surface area contributed by atoms with Crippen LogP contribution in [0.5, 0.6) is 0 Å². The zero-order chi connectivity index (χ0) is 15.6. The first-order valence-electron chi connectivity index (χ1n) is 7.42. The number of amides is 2. The monoisotopic (exact) mass is 284 g/mol. The van der Waals surface area contributed by atoms with Crippen molar-refractivity contribution in [1.29, 1.82) is 0 Å². The van der Waals surface area contributed by atoms with Crippen LogP contribution in [-0.4, -0.2) is 47.6 Å². The average molecular weight is 284 g/mol. The summed E-state index contributed by atoms with van der Waals surface area (Å²) in [7, 11) is 1.65. The SMILES string of the molecule is CCC1(CC)C(=O)NC(C)(C)C(=O)N1C(C)CCOC. The fourth-order valence-corrected chi connectivity index (χ4v) is 3.01. The van der Waals surface area contributed by atoms with Crippen LogP contribution in [0.25, 0.3) is 0 Å². The normalized spacial score (nSPS) is 22.6. The Hall–Kier alpha value is -1.10. The molecule has 2 amide bonds. The van der Waals surface area contributed by atoms with Crippen molar-refractivity contribution in [2.75, 3.05) is 13.7 Å². The third kappa shape index (κ3) is 2.68. The second-order valence-electron chi connectivity index (χ2n) is 6.12. The smallest absolute Gasteiger partial charge is 0.248 e. The van der Waals surface area contributed by atoms with E-state index in [1.165, 1.54) is 0 Å². The third-order valence-corrected chi connectivity index (χ3v) is 4.41. The zero-order valence-electron chi connectivity index (χ0n) is 13.6. The minimum Gasteiger partial charge on any atom is -0.385 e. The number of nitrogens with one attached hydrogen (secondary N) is 1. The van der Waals surface area contributed by atoms with Gasteiger partial charge in [0.05, 0.1) is 0 Å². The van der Waals surface area contributed by atoms with E-state index >= 15 is 0 Å². The summed E-state index contributed by atoms with van der Waals surface area (Å²) in [6, 6.07) is -0.0207. The lowest BCUT2D eigenvalue weighted by molar-refractivity contribution is -0.166. The number of ether oxygens (including phenoxy) is 1. The molecule has 0 saturated carbocycles. The summed E-state index contributed by atoms with van der Waals surface area (Å²) in [6.07, 6.45) is 1.97. The van der Waals surface area contributed by atoms with E-state index in [1.54, 1.807) is 25.9 Å². The van der Waals surface area contributed by atoms with Gasteiger partial charge in [0.2, 0.25) is 11.8 Å². The Morgan fingerprint density at radius 3 is 2.25 bits per heavy atom. The molecule has 1 fully saturated rings. The number of carbonyl (C=O) groups excluding carboxylic acids is 2. The van der Waals surface area contributed by atoms with Crippen molar-refractivity contribution in [2.45, 2.75) is 71.0 Å². The Labute approximate surface area is 122 Å². The highest BCUT2D eigenvalue weighted by atomic mass is 16.5. The molecule has 1 heterocycles. The van der Waals surface area contributed by atoms with Gasteiger partial charge in [-0.3, -0.25) is 9.59 Å².